The van der Waals surface area contributed by atoms with E-state index in [2.05, 4.69) is 0 Å². The second kappa shape index (κ2) is 6.62. The lowest BCUT2D eigenvalue weighted by Gasteiger charge is -2.46. The van der Waals surface area contributed by atoms with Crippen molar-refractivity contribution in [2.45, 2.75) is 32.0 Å². The van der Waals surface area contributed by atoms with Gasteiger partial charge in [0.25, 0.3) is 0 Å². The largest absolute Gasteiger partial charge is 0.337 e. The van der Waals surface area contributed by atoms with Gasteiger partial charge in [-0.2, -0.15) is 0 Å². The predicted molar refractivity (Wildman–Crippen MR) is 101 cm³/mol. The Bertz CT molecular complexity index is 927. The molecule has 0 aromatic heterocycles. The van der Waals surface area contributed by atoms with Crippen LogP contribution in [-0.2, 0) is 10.5 Å². The summed E-state index contributed by atoms with van der Waals surface area (Å²) in [5, 5.41) is 0. The first kappa shape index (κ1) is 19.0. The molecule has 2 aliphatic rings. The van der Waals surface area contributed by atoms with Gasteiger partial charge in [-0.25, -0.2) is 13.2 Å². The average molecular weight is 388 g/mol. The molecule has 2 N–H and O–H groups in total. The quantitative estimate of drug-likeness (QED) is 0.863. The second-order valence-corrected chi connectivity index (χ2v) is 8.04. The third-order valence-electron chi connectivity index (χ3n) is 6.11. The smallest absolute Gasteiger partial charge is 0.229 e. The molecule has 2 aromatic rings. The van der Waals surface area contributed by atoms with Crippen molar-refractivity contribution >= 4 is 5.91 Å². The summed E-state index contributed by atoms with van der Waals surface area (Å²) in [6.45, 7) is 4.70. The van der Waals surface area contributed by atoms with Gasteiger partial charge in [0, 0.05) is 25.6 Å². The van der Waals surface area contributed by atoms with E-state index in [4.69, 9.17) is 5.73 Å². The number of likely N-dealkylation sites (tertiary alicyclic amines) is 1. The third-order valence-corrected chi connectivity index (χ3v) is 6.11. The Morgan fingerprint density at radius 3 is 2.54 bits per heavy atom. The van der Waals surface area contributed by atoms with Gasteiger partial charge in [-0.05, 0) is 36.1 Å². The lowest BCUT2D eigenvalue weighted by atomic mass is 9.88. The number of nitrogens with two attached hydrogens (primary N) is 1. The predicted octanol–water partition coefficient (Wildman–Crippen LogP) is 3.93. The van der Waals surface area contributed by atoms with Crippen molar-refractivity contribution < 1.29 is 18.0 Å². The number of rotatable bonds is 4. The number of alkyl halides is 1. The minimum Gasteiger partial charge on any atom is -0.337 e. The number of nitrogens with zero attached hydrogens (tertiary/aromatic N) is 1. The zero-order valence-electron chi connectivity index (χ0n) is 15.9. The van der Waals surface area contributed by atoms with Crippen LogP contribution in [0.3, 0.4) is 0 Å². The van der Waals surface area contributed by atoms with Crippen LogP contribution in [0.15, 0.2) is 36.4 Å². The SMILES string of the molecule is Cc1ccc(C2(F)CC2C(=O)N2C[C@@H](C)[C@H]2CN)c(-c2c(F)cccc2F)c1. The lowest BCUT2D eigenvalue weighted by molar-refractivity contribution is -0.145. The molecule has 2 unspecified atom stereocenters. The van der Waals surface area contributed by atoms with Gasteiger partial charge in [-0.3, -0.25) is 4.79 Å². The summed E-state index contributed by atoms with van der Waals surface area (Å²) < 4.78 is 44.6. The third kappa shape index (κ3) is 2.82. The van der Waals surface area contributed by atoms with E-state index < -0.39 is 23.2 Å². The molecule has 4 rings (SSSR count). The number of carbonyl (C=O) groups is 1. The van der Waals surface area contributed by atoms with Crippen LogP contribution in [-0.4, -0.2) is 29.9 Å². The van der Waals surface area contributed by atoms with Crippen LogP contribution in [0.1, 0.15) is 24.5 Å². The van der Waals surface area contributed by atoms with Crippen molar-refractivity contribution in [3.05, 3.63) is 59.2 Å². The molecule has 1 aliphatic heterocycles. The normalized spacial score (nSPS) is 28.8. The summed E-state index contributed by atoms with van der Waals surface area (Å²) in [6, 6.07) is 8.33. The van der Waals surface area contributed by atoms with Crippen LogP contribution < -0.4 is 5.73 Å². The fraction of sp³-hybridized carbons (Fsp3) is 0.409. The Labute approximate surface area is 162 Å². The summed E-state index contributed by atoms with van der Waals surface area (Å²) in [4.78, 5) is 14.5. The number of hydrogen-bond donors (Lipinski definition) is 1. The van der Waals surface area contributed by atoms with E-state index in [0.29, 0.717) is 19.0 Å². The summed E-state index contributed by atoms with van der Waals surface area (Å²) in [5.74, 6) is -2.32. The minimum atomic E-state index is -1.92. The molecular formula is C22H23F3N2O. The Morgan fingerprint density at radius 2 is 1.93 bits per heavy atom. The maximum Gasteiger partial charge on any atom is 0.229 e. The van der Waals surface area contributed by atoms with Gasteiger partial charge in [0.2, 0.25) is 5.91 Å². The van der Waals surface area contributed by atoms with E-state index in [1.165, 1.54) is 6.07 Å². The number of halogens is 3. The number of amides is 1. The highest BCUT2D eigenvalue weighted by molar-refractivity contribution is 5.86. The summed E-state index contributed by atoms with van der Waals surface area (Å²) in [5.41, 5.74) is 4.64. The van der Waals surface area contributed by atoms with Gasteiger partial charge in [0.05, 0.1) is 11.5 Å². The highest BCUT2D eigenvalue weighted by atomic mass is 19.1. The van der Waals surface area contributed by atoms with Crippen LogP contribution in [0, 0.1) is 30.4 Å². The Morgan fingerprint density at radius 1 is 1.25 bits per heavy atom. The molecule has 3 nitrogen and oxygen atoms in total. The molecule has 4 atom stereocenters. The highest BCUT2D eigenvalue weighted by Crippen LogP contribution is 2.59. The Kier molecular flexibility index (Phi) is 4.49. The van der Waals surface area contributed by atoms with E-state index >= 15 is 4.39 Å². The molecule has 28 heavy (non-hydrogen) atoms. The van der Waals surface area contributed by atoms with Gasteiger partial charge in [0.15, 0.2) is 0 Å². The molecule has 1 saturated carbocycles. The number of benzene rings is 2. The first-order valence-electron chi connectivity index (χ1n) is 9.53. The molecule has 148 valence electrons. The van der Waals surface area contributed by atoms with Crippen LogP contribution in [0.2, 0.25) is 0 Å². The van der Waals surface area contributed by atoms with E-state index in [-0.39, 0.29) is 35.1 Å². The van der Waals surface area contributed by atoms with Crippen molar-refractivity contribution in [3.63, 3.8) is 0 Å². The summed E-state index contributed by atoms with van der Waals surface area (Å²) in [7, 11) is 0. The molecule has 0 bridgehead atoms. The van der Waals surface area contributed by atoms with Crippen molar-refractivity contribution in [1.82, 2.24) is 4.90 Å². The first-order valence-corrected chi connectivity index (χ1v) is 9.53. The molecule has 2 fully saturated rings. The van der Waals surface area contributed by atoms with Crippen molar-refractivity contribution in [3.8, 4) is 11.1 Å². The van der Waals surface area contributed by atoms with Crippen LogP contribution >= 0.6 is 0 Å². The molecule has 0 spiro atoms. The zero-order valence-corrected chi connectivity index (χ0v) is 15.9. The van der Waals surface area contributed by atoms with Crippen molar-refractivity contribution in [1.29, 1.82) is 0 Å². The second-order valence-electron chi connectivity index (χ2n) is 8.04. The fourth-order valence-corrected chi connectivity index (χ4v) is 4.35. The molecule has 0 radical (unpaired) electrons. The average Bonchev–Trinajstić information content (AvgIpc) is 3.32. The van der Waals surface area contributed by atoms with Gasteiger partial charge >= 0.3 is 0 Å². The van der Waals surface area contributed by atoms with E-state index in [0.717, 1.165) is 17.7 Å². The first-order chi connectivity index (χ1) is 13.3. The van der Waals surface area contributed by atoms with Gasteiger partial charge in [-0.15, -0.1) is 0 Å². The van der Waals surface area contributed by atoms with Crippen molar-refractivity contribution in [2.75, 3.05) is 13.1 Å². The molecule has 1 aliphatic carbocycles. The molecule has 1 amide bonds. The van der Waals surface area contributed by atoms with Gasteiger partial charge in [0.1, 0.15) is 17.3 Å². The fourth-order valence-electron chi connectivity index (χ4n) is 4.35. The van der Waals surface area contributed by atoms with Crippen LogP contribution in [0.5, 0.6) is 0 Å². The van der Waals surface area contributed by atoms with E-state index in [1.807, 2.05) is 6.92 Å². The van der Waals surface area contributed by atoms with Gasteiger partial charge < -0.3 is 10.6 Å². The minimum absolute atomic E-state index is 0.0140. The monoisotopic (exact) mass is 388 g/mol. The number of carbonyl (C=O) groups excluding carboxylic acids is 1. The van der Waals surface area contributed by atoms with Crippen molar-refractivity contribution in [2.24, 2.45) is 17.6 Å². The highest BCUT2D eigenvalue weighted by Gasteiger charge is 2.63. The van der Waals surface area contributed by atoms with Crippen LogP contribution in [0.25, 0.3) is 11.1 Å². The zero-order chi connectivity index (χ0) is 20.2. The molecular weight excluding hydrogens is 365 g/mol. The summed E-state index contributed by atoms with van der Waals surface area (Å²) >= 11 is 0. The molecule has 1 saturated heterocycles. The molecule has 1 heterocycles. The Hall–Kier alpha value is -2.34. The van der Waals surface area contributed by atoms with E-state index in [9.17, 15) is 13.6 Å². The maximum absolute atomic E-state index is 15.8. The standard InChI is InChI=1S/C22H23F3N2O/c1-12-6-7-15(14(8-12)20-17(23)4-3-5-18(20)24)22(25)9-16(22)21(28)27-11-13(2)19(27)10-26/h3-8,13,16,19H,9-11,26H2,1-2H3/t13-,16?,19-,22?/m1/s1. The Balaban J connectivity index is 1.70. The lowest BCUT2D eigenvalue weighted by Crippen LogP contribution is -2.61. The number of hydrogen-bond acceptors (Lipinski definition) is 2. The molecule has 6 heteroatoms. The number of aryl methyl sites for hydroxylation is 1. The van der Waals surface area contributed by atoms with Crippen LogP contribution in [0.4, 0.5) is 13.2 Å². The van der Waals surface area contributed by atoms with E-state index in [1.54, 1.807) is 30.0 Å². The van der Waals surface area contributed by atoms with Gasteiger partial charge in [-0.1, -0.05) is 36.8 Å². The molecule has 2 aromatic carbocycles. The summed E-state index contributed by atoms with van der Waals surface area (Å²) in [6.07, 6.45) is 0.0140. The maximum atomic E-state index is 15.8. The topological polar surface area (TPSA) is 46.3 Å².